The van der Waals surface area contributed by atoms with Crippen LogP contribution in [0.25, 0.3) is 0 Å². The molecule has 0 aromatic heterocycles. The Morgan fingerprint density at radius 3 is 2.67 bits per heavy atom. The van der Waals surface area contributed by atoms with Crippen LogP contribution in [-0.4, -0.2) is 66.5 Å². The first-order valence-electron chi connectivity index (χ1n) is 11.1. The summed E-state index contributed by atoms with van der Waals surface area (Å²) in [5.41, 5.74) is 1.45. The molecule has 1 unspecified atom stereocenters. The van der Waals surface area contributed by atoms with Gasteiger partial charge in [-0.05, 0) is 19.4 Å². The number of nitriles is 1. The average Bonchev–Trinajstić information content (AvgIpc) is 2.87. The topological polar surface area (TPSA) is 152 Å². The number of ether oxygens (including phenoxy) is 2. The van der Waals surface area contributed by atoms with Crippen LogP contribution in [0.1, 0.15) is 31.7 Å². The number of carbonyl (C=O) groups excluding carboxylic acids is 3. The van der Waals surface area contributed by atoms with Gasteiger partial charge in [0, 0.05) is 48.1 Å². The number of esters is 2. The fourth-order valence-corrected chi connectivity index (χ4v) is 4.70. The zero-order valence-electron chi connectivity index (χ0n) is 20.3. The van der Waals surface area contributed by atoms with Crippen molar-refractivity contribution in [2.75, 3.05) is 38.3 Å². The van der Waals surface area contributed by atoms with Gasteiger partial charge >= 0.3 is 11.9 Å². The van der Waals surface area contributed by atoms with E-state index in [9.17, 15) is 24.5 Å². The summed E-state index contributed by atoms with van der Waals surface area (Å²) in [5, 5.41) is 23.2. The normalized spacial score (nSPS) is 15.0. The number of carbonyl (C=O) groups is 3. The number of nitrogens with zero attached hydrogens (tertiary/aromatic N) is 3. The molecule has 0 spiro atoms. The standard InChI is InChI=1S/C24H28N4O7S/c1-4-35-24(31)22-19(14-36-12-11-27(15-29)10-6-9-25)26-16(2)20(23(30)34-3)21(22)17-7-5-8-18(13-17)28(32)33/h5,7-8,13,15,21,26H,4,6,10-12,14H2,1-3H3. The van der Waals surface area contributed by atoms with Gasteiger partial charge in [0.2, 0.25) is 6.41 Å². The van der Waals surface area contributed by atoms with Crippen molar-refractivity contribution in [2.45, 2.75) is 26.2 Å². The number of nitrogens with one attached hydrogen (secondary N) is 1. The minimum Gasteiger partial charge on any atom is -0.466 e. The lowest BCUT2D eigenvalue weighted by Gasteiger charge is -2.31. The molecule has 0 bridgehead atoms. The van der Waals surface area contributed by atoms with E-state index in [1.54, 1.807) is 19.9 Å². The van der Waals surface area contributed by atoms with Crippen molar-refractivity contribution in [1.82, 2.24) is 10.2 Å². The van der Waals surface area contributed by atoms with Crippen molar-refractivity contribution in [3.05, 3.63) is 62.5 Å². The molecule has 12 heteroatoms. The Balaban J connectivity index is 2.48. The SMILES string of the molecule is CCOC(=O)C1=C(CSCCN(C=O)CCC#N)NC(C)=C(C(=O)OC)C1c1cccc([N+](=O)[O-])c1. The summed E-state index contributed by atoms with van der Waals surface area (Å²) in [6.07, 6.45) is 0.919. The van der Waals surface area contributed by atoms with Gasteiger partial charge in [-0.1, -0.05) is 12.1 Å². The third-order valence-corrected chi connectivity index (χ3v) is 6.35. The number of methoxy groups -OCH3 is 1. The molecule has 192 valence electrons. The van der Waals surface area contributed by atoms with Crippen molar-refractivity contribution in [2.24, 2.45) is 0 Å². The lowest BCUT2D eigenvalue weighted by Crippen LogP contribution is -2.34. The predicted octanol–water partition coefficient (Wildman–Crippen LogP) is 2.65. The monoisotopic (exact) mass is 516 g/mol. The lowest BCUT2D eigenvalue weighted by molar-refractivity contribution is -0.384. The van der Waals surface area contributed by atoms with E-state index in [-0.39, 0.29) is 29.9 Å². The molecule has 0 fully saturated rings. The number of hydrogen-bond donors (Lipinski definition) is 1. The summed E-state index contributed by atoms with van der Waals surface area (Å²) >= 11 is 1.44. The Hall–Kier alpha value is -3.85. The molecule has 1 aromatic rings. The van der Waals surface area contributed by atoms with Crippen LogP contribution in [-0.2, 0) is 23.9 Å². The fraction of sp³-hybridized carbons (Fsp3) is 0.417. The number of hydrogen-bond acceptors (Lipinski definition) is 10. The van der Waals surface area contributed by atoms with Crippen molar-refractivity contribution < 1.29 is 28.8 Å². The number of amides is 1. The molecule has 0 saturated heterocycles. The van der Waals surface area contributed by atoms with E-state index >= 15 is 0 Å². The Morgan fingerprint density at radius 2 is 2.06 bits per heavy atom. The fourth-order valence-electron chi connectivity index (χ4n) is 3.76. The first-order chi connectivity index (χ1) is 17.3. The summed E-state index contributed by atoms with van der Waals surface area (Å²) in [6.45, 7) is 4.15. The minimum absolute atomic E-state index is 0.0911. The summed E-state index contributed by atoms with van der Waals surface area (Å²) in [5.74, 6) is -1.44. The molecule has 1 amide bonds. The summed E-state index contributed by atoms with van der Waals surface area (Å²) in [4.78, 5) is 49.5. The summed E-state index contributed by atoms with van der Waals surface area (Å²) in [7, 11) is 1.22. The van der Waals surface area contributed by atoms with Crippen LogP contribution >= 0.6 is 11.8 Å². The van der Waals surface area contributed by atoms with Gasteiger partial charge in [-0.15, -0.1) is 0 Å². The molecule has 1 N–H and O–H groups in total. The van der Waals surface area contributed by atoms with Crippen LogP contribution < -0.4 is 5.32 Å². The molecule has 0 saturated carbocycles. The maximum absolute atomic E-state index is 13.2. The molecular formula is C24H28N4O7S. The first-order valence-corrected chi connectivity index (χ1v) is 12.3. The number of thioether (sulfide) groups is 1. The molecule has 2 rings (SSSR count). The van der Waals surface area contributed by atoms with Gasteiger partial charge in [0.25, 0.3) is 5.69 Å². The van der Waals surface area contributed by atoms with Crippen LogP contribution in [0.2, 0.25) is 0 Å². The predicted molar refractivity (Wildman–Crippen MR) is 133 cm³/mol. The molecule has 1 aromatic carbocycles. The van der Waals surface area contributed by atoms with Crippen molar-refractivity contribution in [3.63, 3.8) is 0 Å². The minimum atomic E-state index is -0.949. The van der Waals surface area contributed by atoms with E-state index in [0.717, 1.165) is 0 Å². The maximum Gasteiger partial charge on any atom is 0.336 e. The number of nitro benzene ring substituents is 1. The zero-order chi connectivity index (χ0) is 26.7. The lowest BCUT2D eigenvalue weighted by atomic mass is 9.80. The largest absolute Gasteiger partial charge is 0.466 e. The number of rotatable bonds is 13. The van der Waals surface area contributed by atoms with Crippen LogP contribution in [0.5, 0.6) is 0 Å². The third-order valence-electron chi connectivity index (χ3n) is 5.39. The maximum atomic E-state index is 13.2. The van der Waals surface area contributed by atoms with Crippen LogP contribution in [0.3, 0.4) is 0 Å². The first kappa shape index (κ1) is 28.4. The van der Waals surface area contributed by atoms with E-state index in [0.29, 0.717) is 48.0 Å². The summed E-state index contributed by atoms with van der Waals surface area (Å²) in [6, 6.07) is 7.76. The van der Waals surface area contributed by atoms with E-state index in [4.69, 9.17) is 14.7 Å². The molecule has 1 aliphatic rings. The number of non-ortho nitro benzene ring substituents is 1. The molecule has 0 aliphatic carbocycles. The molecule has 0 radical (unpaired) electrons. The highest BCUT2D eigenvalue weighted by atomic mass is 32.2. The van der Waals surface area contributed by atoms with Gasteiger partial charge in [0.1, 0.15) is 0 Å². The van der Waals surface area contributed by atoms with Gasteiger partial charge in [0.15, 0.2) is 0 Å². The van der Waals surface area contributed by atoms with E-state index in [2.05, 4.69) is 5.32 Å². The highest BCUT2D eigenvalue weighted by molar-refractivity contribution is 7.99. The second-order valence-corrected chi connectivity index (χ2v) is 8.76. The molecule has 1 heterocycles. The quantitative estimate of drug-likeness (QED) is 0.136. The Bertz CT molecular complexity index is 1110. The molecular weight excluding hydrogens is 488 g/mol. The number of benzene rings is 1. The average molecular weight is 517 g/mol. The van der Waals surface area contributed by atoms with Gasteiger partial charge < -0.3 is 19.7 Å². The summed E-state index contributed by atoms with van der Waals surface area (Å²) < 4.78 is 10.3. The molecule has 1 aliphatic heterocycles. The van der Waals surface area contributed by atoms with Gasteiger partial charge in [-0.25, -0.2) is 9.59 Å². The highest BCUT2D eigenvalue weighted by Crippen LogP contribution is 2.40. The molecule has 36 heavy (non-hydrogen) atoms. The van der Waals surface area contributed by atoms with E-state index in [1.165, 1.54) is 42.0 Å². The third kappa shape index (κ3) is 7.08. The second-order valence-electron chi connectivity index (χ2n) is 7.66. The Kier molecular flexibility index (Phi) is 11.0. The highest BCUT2D eigenvalue weighted by Gasteiger charge is 2.39. The molecule has 11 nitrogen and oxygen atoms in total. The van der Waals surface area contributed by atoms with Crippen molar-refractivity contribution in [3.8, 4) is 6.07 Å². The van der Waals surface area contributed by atoms with Crippen molar-refractivity contribution in [1.29, 1.82) is 5.26 Å². The van der Waals surface area contributed by atoms with Crippen LogP contribution in [0.4, 0.5) is 5.69 Å². The Labute approximate surface area is 213 Å². The van der Waals surface area contributed by atoms with Gasteiger partial charge in [0.05, 0.1) is 48.2 Å². The van der Waals surface area contributed by atoms with Gasteiger partial charge in [-0.3, -0.25) is 14.9 Å². The van der Waals surface area contributed by atoms with E-state index in [1.807, 2.05) is 6.07 Å². The van der Waals surface area contributed by atoms with Gasteiger partial charge in [-0.2, -0.15) is 17.0 Å². The molecule has 1 atom stereocenters. The Morgan fingerprint density at radius 1 is 1.31 bits per heavy atom. The second kappa shape index (κ2) is 13.9. The number of dihydropyridines is 1. The smallest absolute Gasteiger partial charge is 0.336 e. The number of allylic oxidation sites excluding steroid dienone is 1. The van der Waals surface area contributed by atoms with Crippen LogP contribution in [0, 0.1) is 21.4 Å². The van der Waals surface area contributed by atoms with Crippen molar-refractivity contribution >= 4 is 35.8 Å². The van der Waals surface area contributed by atoms with E-state index < -0.39 is 22.8 Å². The zero-order valence-corrected chi connectivity index (χ0v) is 21.1. The van der Waals surface area contributed by atoms with Crippen LogP contribution in [0.15, 0.2) is 46.8 Å². The number of nitro groups is 1.